The van der Waals surface area contributed by atoms with Crippen LogP contribution in [0.1, 0.15) is 63.0 Å². The van der Waals surface area contributed by atoms with Crippen molar-refractivity contribution in [3.63, 3.8) is 0 Å². The van der Waals surface area contributed by atoms with Gasteiger partial charge < -0.3 is 20.3 Å². The summed E-state index contributed by atoms with van der Waals surface area (Å²) in [4.78, 5) is 38.8. The van der Waals surface area contributed by atoms with E-state index in [0.29, 0.717) is 56.9 Å². The van der Waals surface area contributed by atoms with Gasteiger partial charge in [0.05, 0.1) is 29.6 Å². The summed E-state index contributed by atoms with van der Waals surface area (Å²) in [5.41, 5.74) is 1.37. The van der Waals surface area contributed by atoms with Crippen LogP contribution >= 0.6 is 11.3 Å². The average Bonchev–Trinajstić information content (AvgIpc) is 3.59. The standard InChI is InChI=1S/C43H34F7N7O3S/c1-20-33-34-37(43(48,49)50)55-57(38(34)42(46,47)35(20)33)19-32(58)52-30(14-21-12-25(44)16-26(45)13-21)36-28(23-2-3-24-18-51-40(59)29(24)15-23)17-31-39(53-36)54-41(61-31)22-4-6-27(7-5-22)56-8-10-60-11-9-56/h2-7,12-13,15-17,20,30,33,35H,8-11,14,18-19H2,1H3,(H,51,59)(H,52,58)/t20?,30-,33?,35?/m0/s1. The van der Waals surface area contributed by atoms with Crippen LogP contribution in [0.3, 0.4) is 0 Å². The highest BCUT2D eigenvalue weighted by Crippen LogP contribution is 2.71. The predicted molar refractivity (Wildman–Crippen MR) is 210 cm³/mol. The average molecular weight is 862 g/mol. The van der Waals surface area contributed by atoms with Crippen molar-refractivity contribution in [2.24, 2.45) is 11.8 Å². The van der Waals surface area contributed by atoms with Crippen LogP contribution in [0.5, 0.6) is 0 Å². The number of hydrogen-bond donors (Lipinski definition) is 2. The van der Waals surface area contributed by atoms with Gasteiger partial charge in [0.25, 0.3) is 11.8 Å². The first-order valence-corrected chi connectivity index (χ1v) is 20.4. The van der Waals surface area contributed by atoms with Crippen LogP contribution in [0.25, 0.3) is 32.0 Å². The zero-order valence-electron chi connectivity index (χ0n) is 32.1. The number of rotatable bonds is 9. The first-order chi connectivity index (χ1) is 29.1. The fourth-order valence-electron chi connectivity index (χ4n) is 9.16. The molecule has 3 unspecified atom stereocenters. The number of nitrogens with one attached hydrogen (secondary N) is 2. The van der Waals surface area contributed by atoms with Crippen LogP contribution in [-0.2, 0) is 41.1 Å². The Bertz CT molecular complexity index is 2750. The summed E-state index contributed by atoms with van der Waals surface area (Å²) in [7, 11) is 0. The van der Waals surface area contributed by atoms with Crippen molar-refractivity contribution in [2.45, 2.75) is 50.5 Å². The van der Waals surface area contributed by atoms with E-state index >= 15 is 8.78 Å². The highest BCUT2D eigenvalue weighted by molar-refractivity contribution is 7.21. The molecule has 1 saturated carbocycles. The second-order valence-corrected chi connectivity index (χ2v) is 16.9. The number of carbonyl (C=O) groups excluding carboxylic acids is 2. The molecule has 314 valence electrons. The summed E-state index contributed by atoms with van der Waals surface area (Å²) >= 11 is 1.34. The molecule has 2 aliphatic heterocycles. The summed E-state index contributed by atoms with van der Waals surface area (Å²) < 4.78 is 110. The molecule has 3 aromatic heterocycles. The number of aromatic nitrogens is 4. The molecule has 5 heterocycles. The van der Waals surface area contributed by atoms with E-state index in [4.69, 9.17) is 14.7 Å². The zero-order valence-corrected chi connectivity index (χ0v) is 32.9. The third-order valence-electron chi connectivity index (χ3n) is 12.0. The van der Waals surface area contributed by atoms with Crippen LogP contribution in [0.15, 0.2) is 66.7 Å². The minimum Gasteiger partial charge on any atom is -0.378 e. The van der Waals surface area contributed by atoms with Crippen molar-refractivity contribution < 1.29 is 45.1 Å². The molecule has 1 saturated heterocycles. The van der Waals surface area contributed by atoms with E-state index in [2.05, 4.69) is 20.6 Å². The maximum absolute atomic E-state index is 15.7. The Morgan fingerprint density at radius 2 is 1.70 bits per heavy atom. The van der Waals surface area contributed by atoms with Crippen LogP contribution in [0, 0.1) is 23.5 Å². The van der Waals surface area contributed by atoms with Gasteiger partial charge in [-0.05, 0) is 77.6 Å². The Morgan fingerprint density at radius 1 is 0.984 bits per heavy atom. The lowest BCUT2D eigenvalue weighted by Gasteiger charge is -2.28. The smallest absolute Gasteiger partial charge is 0.378 e. The third-order valence-corrected chi connectivity index (χ3v) is 13.1. The molecule has 2 N–H and O–H groups in total. The van der Waals surface area contributed by atoms with Crippen molar-refractivity contribution in [1.82, 2.24) is 30.4 Å². The first kappa shape index (κ1) is 39.3. The third kappa shape index (κ3) is 6.89. The SMILES string of the molecule is CC1C2c3c(C(F)(F)F)nn(CC(=O)N[C@@H](Cc4cc(F)cc(F)c4)c4nc5nc(-c6ccc(N7CCOCC7)cc6)sc5cc4-c4ccc5c(c4)C(=O)NC5)c3C(F)(F)C12. The quantitative estimate of drug-likeness (QED) is 0.141. The molecule has 4 atom stereocenters. The second-order valence-electron chi connectivity index (χ2n) is 15.9. The van der Waals surface area contributed by atoms with Crippen LogP contribution in [0.4, 0.5) is 36.4 Å². The highest BCUT2D eigenvalue weighted by Gasteiger charge is 2.72. The van der Waals surface area contributed by atoms with Gasteiger partial charge in [0.1, 0.15) is 28.9 Å². The number of amides is 2. The van der Waals surface area contributed by atoms with Gasteiger partial charge >= 0.3 is 6.18 Å². The van der Waals surface area contributed by atoms with E-state index in [0.717, 1.165) is 42.0 Å². The molecule has 0 spiro atoms. The van der Waals surface area contributed by atoms with E-state index < -0.39 is 76.9 Å². The number of carbonyl (C=O) groups is 2. The van der Waals surface area contributed by atoms with Gasteiger partial charge in [-0.3, -0.25) is 14.3 Å². The lowest BCUT2D eigenvalue weighted by molar-refractivity contribution is -0.142. The molecular formula is C43H34F7N7O3S. The number of pyridine rings is 1. The van der Waals surface area contributed by atoms with Crippen LogP contribution in [-0.4, -0.2) is 57.9 Å². The number of halogens is 7. The van der Waals surface area contributed by atoms with E-state index in [-0.39, 0.29) is 29.2 Å². The summed E-state index contributed by atoms with van der Waals surface area (Å²) in [6.45, 7) is 3.52. The van der Waals surface area contributed by atoms with Gasteiger partial charge in [-0.25, -0.2) is 18.7 Å². The monoisotopic (exact) mass is 861 g/mol. The molecular weight excluding hydrogens is 828 g/mol. The zero-order chi connectivity index (χ0) is 42.5. The molecule has 10 rings (SSSR count). The number of thiazole rings is 1. The Labute approximate surface area is 346 Å². The van der Waals surface area contributed by atoms with Gasteiger partial charge in [0, 0.05) is 65.5 Å². The number of alkyl halides is 5. The highest BCUT2D eigenvalue weighted by atomic mass is 32.1. The normalized spacial score (nSPS) is 20.6. The molecule has 3 aromatic carbocycles. The number of morpholine rings is 1. The fourth-order valence-corrected chi connectivity index (χ4v) is 10.1. The maximum atomic E-state index is 15.7. The topological polar surface area (TPSA) is 114 Å². The fraction of sp³-hybridized carbons (Fsp3) is 0.326. The maximum Gasteiger partial charge on any atom is 0.435 e. The second kappa shape index (κ2) is 14.4. The lowest BCUT2D eigenvalue weighted by Crippen LogP contribution is -2.36. The van der Waals surface area contributed by atoms with Gasteiger partial charge in [0.15, 0.2) is 11.3 Å². The first-order valence-electron chi connectivity index (χ1n) is 19.6. The molecule has 2 fully saturated rings. The number of hydrogen-bond acceptors (Lipinski definition) is 8. The number of ether oxygens (including phenoxy) is 1. The Balaban J connectivity index is 1.07. The summed E-state index contributed by atoms with van der Waals surface area (Å²) in [5, 5.41) is 9.65. The molecule has 61 heavy (non-hydrogen) atoms. The number of anilines is 1. The van der Waals surface area contributed by atoms with Crippen molar-refractivity contribution in [1.29, 1.82) is 0 Å². The molecule has 10 nitrogen and oxygen atoms in total. The summed E-state index contributed by atoms with van der Waals surface area (Å²) in [6, 6.07) is 16.4. The Kier molecular flexibility index (Phi) is 9.24. The van der Waals surface area contributed by atoms with E-state index in [9.17, 15) is 31.5 Å². The summed E-state index contributed by atoms with van der Waals surface area (Å²) in [5.74, 6) is -9.88. The van der Waals surface area contributed by atoms with Gasteiger partial charge in [0.2, 0.25) is 5.91 Å². The molecule has 6 aromatic rings. The summed E-state index contributed by atoms with van der Waals surface area (Å²) in [6.07, 6.45) is -5.35. The lowest BCUT2D eigenvalue weighted by atomic mass is 9.93. The number of fused-ring (bicyclic) bond motifs is 5. The van der Waals surface area contributed by atoms with Crippen molar-refractivity contribution >= 4 is 39.2 Å². The van der Waals surface area contributed by atoms with E-state index in [1.165, 1.54) is 18.3 Å². The van der Waals surface area contributed by atoms with Crippen LogP contribution < -0.4 is 15.5 Å². The number of nitrogens with zero attached hydrogens (tertiary/aromatic N) is 5. The van der Waals surface area contributed by atoms with Gasteiger partial charge in [-0.2, -0.15) is 27.1 Å². The molecule has 18 heteroatoms. The molecule has 2 aliphatic carbocycles. The molecule has 4 aliphatic rings. The Hall–Kier alpha value is -5.88. The molecule has 0 radical (unpaired) electrons. The van der Waals surface area contributed by atoms with Crippen LogP contribution in [0.2, 0.25) is 0 Å². The van der Waals surface area contributed by atoms with Crippen molar-refractivity contribution in [3.8, 4) is 21.7 Å². The van der Waals surface area contributed by atoms with Crippen molar-refractivity contribution in [3.05, 3.63) is 118 Å². The van der Waals surface area contributed by atoms with Gasteiger partial charge in [-0.15, -0.1) is 11.3 Å². The Morgan fingerprint density at radius 3 is 2.43 bits per heavy atom. The molecule has 0 bridgehead atoms. The molecule has 2 amide bonds. The van der Waals surface area contributed by atoms with Gasteiger partial charge in [-0.1, -0.05) is 19.1 Å². The van der Waals surface area contributed by atoms with E-state index in [1.54, 1.807) is 24.3 Å². The van der Waals surface area contributed by atoms with Crippen molar-refractivity contribution in [2.75, 3.05) is 31.2 Å². The predicted octanol–water partition coefficient (Wildman–Crippen LogP) is 8.15. The number of benzene rings is 3. The van der Waals surface area contributed by atoms with E-state index in [1.807, 2.05) is 24.3 Å². The minimum absolute atomic E-state index is 0.0863. The minimum atomic E-state index is -5.05. The largest absolute Gasteiger partial charge is 0.435 e.